The number of hydrogen-bond acceptors (Lipinski definition) is 4. The Bertz CT molecular complexity index is 434. The Balaban J connectivity index is 3.19. The quantitative estimate of drug-likeness (QED) is 0.818. The molecule has 0 radical (unpaired) electrons. The lowest BCUT2D eigenvalue weighted by molar-refractivity contribution is 0.0474. The third kappa shape index (κ3) is 2.91. The highest BCUT2D eigenvalue weighted by Crippen LogP contribution is 2.24. The standard InChI is InChI=1S/C13H19NO4/c1-5-17-12(15)10-9(8(3)4)7-14-11(10)13(16)18-6-2/h7-8,14H,5-6H2,1-4H3. The minimum atomic E-state index is -0.535. The molecule has 0 unspecified atom stereocenters. The van der Waals surface area contributed by atoms with E-state index < -0.39 is 11.9 Å². The molecule has 0 aromatic carbocycles. The molecule has 0 fully saturated rings. The largest absolute Gasteiger partial charge is 0.462 e. The first-order valence-electron chi connectivity index (χ1n) is 6.08. The van der Waals surface area contributed by atoms with E-state index in [1.807, 2.05) is 13.8 Å². The smallest absolute Gasteiger partial charge is 0.355 e. The number of aromatic nitrogens is 1. The lowest BCUT2D eigenvalue weighted by Gasteiger charge is -2.08. The molecule has 0 saturated heterocycles. The van der Waals surface area contributed by atoms with Crippen LogP contribution in [-0.4, -0.2) is 30.1 Å². The van der Waals surface area contributed by atoms with Gasteiger partial charge in [0, 0.05) is 6.20 Å². The van der Waals surface area contributed by atoms with E-state index in [-0.39, 0.29) is 30.4 Å². The predicted molar refractivity (Wildman–Crippen MR) is 66.8 cm³/mol. The van der Waals surface area contributed by atoms with Gasteiger partial charge in [0.25, 0.3) is 0 Å². The topological polar surface area (TPSA) is 68.4 Å². The molecule has 0 aliphatic carbocycles. The Kier molecular flexibility index (Phi) is 4.95. The second kappa shape index (κ2) is 6.23. The van der Waals surface area contributed by atoms with Gasteiger partial charge in [-0.25, -0.2) is 9.59 Å². The number of rotatable bonds is 5. The summed E-state index contributed by atoms with van der Waals surface area (Å²) in [6, 6.07) is 0. The van der Waals surface area contributed by atoms with Gasteiger partial charge in [0.15, 0.2) is 0 Å². The maximum absolute atomic E-state index is 11.9. The highest BCUT2D eigenvalue weighted by molar-refractivity contribution is 6.03. The number of aromatic amines is 1. The lowest BCUT2D eigenvalue weighted by atomic mass is 10.0. The Morgan fingerprint density at radius 2 is 1.72 bits per heavy atom. The number of carbonyl (C=O) groups excluding carboxylic acids is 2. The first-order chi connectivity index (χ1) is 8.52. The van der Waals surface area contributed by atoms with Crippen LogP contribution in [0.25, 0.3) is 0 Å². The summed E-state index contributed by atoms with van der Waals surface area (Å²) in [6.07, 6.45) is 1.66. The molecule has 0 aliphatic rings. The summed E-state index contributed by atoms with van der Waals surface area (Å²) in [5, 5.41) is 0. The predicted octanol–water partition coefficient (Wildman–Crippen LogP) is 2.49. The number of esters is 2. The van der Waals surface area contributed by atoms with Crippen LogP contribution in [0.15, 0.2) is 6.20 Å². The molecule has 5 nitrogen and oxygen atoms in total. The van der Waals surface area contributed by atoms with Crippen LogP contribution in [0.3, 0.4) is 0 Å². The number of H-pyrrole nitrogens is 1. The van der Waals surface area contributed by atoms with E-state index in [9.17, 15) is 9.59 Å². The van der Waals surface area contributed by atoms with E-state index in [1.54, 1.807) is 20.0 Å². The Morgan fingerprint density at radius 1 is 1.17 bits per heavy atom. The van der Waals surface area contributed by atoms with Crippen LogP contribution in [0.4, 0.5) is 0 Å². The molecule has 0 spiro atoms. The van der Waals surface area contributed by atoms with Crippen molar-refractivity contribution in [3.63, 3.8) is 0 Å². The van der Waals surface area contributed by atoms with Crippen molar-refractivity contribution in [3.8, 4) is 0 Å². The summed E-state index contributed by atoms with van der Waals surface area (Å²) in [4.78, 5) is 26.5. The third-order valence-corrected chi connectivity index (χ3v) is 2.49. The maximum atomic E-state index is 11.9. The molecule has 0 aliphatic heterocycles. The Morgan fingerprint density at radius 3 is 2.22 bits per heavy atom. The first kappa shape index (κ1) is 14.3. The van der Waals surface area contributed by atoms with Crippen molar-refractivity contribution in [2.75, 3.05) is 13.2 Å². The number of hydrogen-bond donors (Lipinski definition) is 1. The van der Waals surface area contributed by atoms with E-state index >= 15 is 0 Å². The van der Waals surface area contributed by atoms with Gasteiger partial charge in [0.2, 0.25) is 0 Å². The zero-order valence-electron chi connectivity index (χ0n) is 11.2. The van der Waals surface area contributed by atoms with Crippen LogP contribution < -0.4 is 0 Å². The van der Waals surface area contributed by atoms with Crippen molar-refractivity contribution >= 4 is 11.9 Å². The second-order valence-electron chi connectivity index (χ2n) is 4.09. The summed E-state index contributed by atoms with van der Waals surface area (Å²) in [5.74, 6) is -0.915. The second-order valence-corrected chi connectivity index (χ2v) is 4.09. The highest BCUT2D eigenvalue weighted by Gasteiger charge is 2.26. The molecule has 18 heavy (non-hydrogen) atoms. The van der Waals surface area contributed by atoms with E-state index in [4.69, 9.17) is 9.47 Å². The van der Waals surface area contributed by atoms with Gasteiger partial charge in [-0.2, -0.15) is 0 Å². The normalized spacial score (nSPS) is 10.5. The number of nitrogens with one attached hydrogen (secondary N) is 1. The fourth-order valence-electron chi connectivity index (χ4n) is 1.68. The van der Waals surface area contributed by atoms with E-state index in [0.717, 1.165) is 5.56 Å². The molecule has 0 saturated carbocycles. The van der Waals surface area contributed by atoms with Crippen molar-refractivity contribution in [2.45, 2.75) is 33.6 Å². The van der Waals surface area contributed by atoms with E-state index in [2.05, 4.69) is 4.98 Å². The molecule has 1 rings (SSSR count). The summed E-state index contributed by atoms with van der Waals surface area (Å²) >= 11 is 0. The van der Waals surface area contributed by atoms with Gasteiger partial charge in [-0.3, -0.25) is 0 Å². The Hall–Kier alpha value is -1.78. The van der Waals surface area contributed by atoms with Crippen molar-refractivity contribution < 1.29 is 19.1 Å². The summed E-state index contributed by atoms with van der Waals surface area (Å²) in [5.41, 5.74) is 1.21. The molecule has 100 valence electrons. The van der Waals surface area contributed by atoms with Crippen LogP contribution in [0.2, 0.25) is 0 Å². The summed E-state index contributed by atoms with van der Waals surface area (Å²) in [6.45, 7) is 7.86. The molecule has 1 N–H and O–H groups in total. The molecule has 0 atom stereocenters. The van der Waals surface area contributed by atoms with Crippen molar-refractivity contribution in [3.05, 3.63) is 23.0 Å². The number of carbonyl (C=O) groups is 2. The van der Waals surface area contributed by atoms with Gasteiger partial charge in [-0.15, -0.1) is 0 Å². The van der Waals surface area contributed by atoms with Crippen LogP contribution in [0, 0.1) is 0 Å². The molecule has 0 bridgehead atoms. The van der Waals surface area contributed by atoms with E-state index in [0.29, 0.717) is 0 Å². The molecule has 0 amide bonds. The monoisotopic (exact) mass is 253 g/mol. The fourth-order valence-corrected chi connectivity index (χ4v) is 1.68. The van der Waals surface area contributed by atoms with Gasteiger partial charge in [-0.05, 0) is 25.3 Å². The molecule has 1 aromatic heterocycles. The molecule has 1 aromatic rings. The average molecular weight is 253 g/mol. The molecule has 5 heteroatoms. The SMILES string of the molecule is CCOC(=O)c1[nH]cc(C(C)C)c1C(=O)OCC. The van der Waals surface area contributed by atoms with Crippen molar-refractivity contribution in [1.82, 2.24) is 4.98 Å². The fraction of sp³-hybridized carbons (Fsp3) is 0.538. The van der Waals surface area contributed by atoms with Crippen molar-refractivity contribution in [2.24, 2.45) is 0 Å². The van der Waals surface area contributed by atoms with Gasteiger partial charge in [-0.1, -0.05) is 13.8 Å². The first-order valence-corrected chi connectivity index (χ1v) is 6.08. The summed E-state index contributed by atoms with van der Waals surface area (Å²) in [7, 11) is 0. The minimum Gasteiger partial charge on any atom is -0.462 e. The molecular weight excluding hydrogens is 234 g/mol. The van der Waals surface area contributed by atoms with Crippen LogP contribution in [0.1, 0.15) is 60.0 Å². The zero-order chi connectivity index (χ0) is 13.7. The average Bonchev–Trinajstić information content (AvgIpc) is 2.74. The van der Waals surface area contributed by atoms with Crippen molar-refractivity contribution in [1.29, 1.82) is 0 Å². The zero-order valence-corrected chi connectivity index (χ0v) is 11.2. The van der Waals surface area contributed by atoms with Gasteiger partial charge in [0.05, 0.1) is 18.8 Å². The Labute approximate surface area is 106 Å². The molecule has 1 heterocycles. The minimum absolute atomic E-state index is 0.115. The van der Waals surface area contributed by atoms with Gasteiger partial charge >= 0.3 is 11.9 Å². The number of ether oxygens (including phenoxy) is 2. The summed E-state index contributed by atoms with van der Waals surface area (Å²) < 4.78 is 9.89. The van der Waals surface area contributed by atoms with Crippen LogP contribution >= 0.6 is 0 Å². The van der Waals surface area contributed by atoms with Gasteiger partial charge in [0.1, 0.15) is 5.69 Å². The maximum Gasteiger partial charge on any atom is 0.355 e. The third-order valence-electron chi connectivity index (χ3n) is 2.49. The lowest BCUT2D eigenvalue weighted by Crippen LogP contribution is -2.14. The van der Waals surface area contributed by atoms with E-state index in [1.165, 1.54) is 0 Å². The van der Waals surface area contributed by atoms with Gasteiger partial charge < -0.3 is 14.5 Å². The molecular formula is C13H19NO4. The van der Waals surface area contributed by atoms with Crippen LogP contribution in [-0.2, 0) is 9.47 Å². The highest BCUT2D eigenvalue weighted by atomic mass is 16.5. The van der Waals surface area contributed by atoms with Crippen LogP contribution in [0.5, 0.6) is 0 Å².